The molecule has 0 unspecified atom stereocenters. The molecule has 0 saturated heterocycles. The normalized spacial score (nSPS) is 10.8. The predicted molar refractivity (Wildman–Crippen MR) is 91.2 cm³/mol. The van der Waals surface area contributed by atoms with Crippen LogP contribution in [0.15, 0.2) is 65.1 Å². The van der Waals surface area contributed by atoms with Gasteiger partial charge >= 0.3 is 0 Å². The molecule has 0 amide bonds. The molecule has 0 aliphatic heterocycles. The standard InChI is InChI=1S/C19H17BrO/c1-2-21-19-9-8-14(13-18(19)20)10-15-11-16-6-4-3-5-7-17(16)12-15/h3-9,11-13H,2,10H2,1H3. The molecule has 0 saturated carbocycles. The van der Waals surface area contributed by atoms with Crippen molar-refractivity contribution in [3.05, 3.63) is 76.3 Å². The van der Waals surface area contributed by atoms with Gasteiger partial charge in [0.05, 0.1) is 11.1 Å². The van der Waals surface area contributed by atoms with Gasteiger partial charge in [0.2, 0.25) is 0 Å². The Hall–Kier alpha value is -1.80. The molecule has 106 valence electrons. The lowest BCUT2D eigenvalue weighted by atomic mass is 10.1. The topological polar surface area (TPSA) is 9.23 Å². The summed E-state index contributed by atoms with van der Waals surface area (Å²) in [6, 6.07) is 21.4. The van der Waals surface area contributed by atoms with Crippen LogP contribution >= 0.6 is 15.9 Å². The van der Waals surface area contributed by atoms with Crippen molar-refractivity contribution in [2.24, 2.45) is 0 Å². The summed E-state index contributed by atoms with van der Waals surface area (Å²) >= 11 is 3.58. The van der Waals surface area contributed by atoms with Gasteiger partial charge < -0.3 is 4.74 Å². The number of hydrogen-bond acceptors (Lipinski definition) is 1. The largest absolute Gasteiger partial charge is 0.493 e. The number of benzene rings is 1. The van der Waals surface area contributed by atoms with Gasteiger partial charge in [0.1, 0.15) is 5.75 Å². The van der Waals surface area contributed by atoms with Crippen LogP contribution in [0.5, 0.6) is 5.75 Å². The lowest BCUT2D eigenvalue weighted by Crippen LogP contribution is -1.93. The highest BCUT2D eigenvalue weighted by Crippen LogP contribution is 2.29. The second-order valence-electron chi connectivity index (χ2n) is 5.06. The van der Waals surface area contributed by atoms with E-state index in [1.54, 1.807) is 0 Å². The van der Waals surface area contributed by atoms with Crippen molar-refractivity contribution >= 4 is 15.9 Å². The smallest absolute Gasteiger partial charge is 0.133 e. The van der Waals surface area contributed by atoms with Crippen LogP contribution in [0.25, 0.3) is 11.1 Å². The Bertz CT molecular complexity index is 690. The van der Waals surface area contributed by atoms with E-state index in [1.807, 2.05) is 13.0 Å². The van der Waals surface area contributed by atoms with Gasteiger partial charge in [-0.15, -0.1) is 0 Å². The zero-order chi connectivity index (χ0) is 14.7. The van der Waals surface area contributed by atoms with Gasteiger partial charge in [0.25, 0.3) is 0 Å². The summed E-state index contributed by atoms with van der Waals surface area (Å²) < 4.78 is 6.57. The van der Waals surface area contributed by atoms with Gasteiger partial charge in [-0.3, -0.25) is 0 Å². The summed E-state index contributed by atoms with van der Waals surface area (Å²) in [4.78, 5) is 0. The molecule has 3 rings (SSSR count). The molecule has 1 aromatic carbocycles. The Kier molecular flexibility index (Phi) is 4.26. The third-order valence-electron chi connectivity index (χ3n) is 3.49. The molecule has 0 aromatic heterocycles. The van der Waals surface area contributed by atoms with Crippen LogP contribution in [0.1, 0.15) is 18.1 Å². The highest BCUT2D eigenvalue weighted by atomic mass is 79.9. The van der Waals surface area contributed by atoms with Gasteiger partial charge in [-0.05, 0) is 63.7 Å². The molecule has 1 aromatic rings. The van der Waals surface area contributed by atoms with E-state index in [9.17, 15) is 0 Å². The van der Waals surface area contributed by atoms with Crippen molar-refractivity contribution in [1.29, 1.82) is 0 Å². The maximum Gasteiger partial charge on any atom is 0.133 e. The Labute approximate surface area is 134 Å². The summed E-state index contributed by atoms with van der Waals surface area (Å²) in [6.45, 7) is 2.68. The first-order valence-electron chi connectivity index (χ1n) is 7.15. The van der Waals surface area contributed by atoms with Crippen molar-refractivity contribution in [2.45, 2.75) is 13.3 Å². The minimum Gasteiger partial charge on any atom is -0.493 e. The van der Waals surface area contributed by atoms with Crippen LogP contribution in [0.2, 0.25) is 0 Å². The third kappa shape index (κ3) is 3.27. The number of halogens is 1. The van der Waals surface area contributed by atoms with Crippen molar-refractivity contribution < 1.29 is 4.74 Å². The van der Waals surface area contributed by atoms with Crippen molar-refractivity contribution in [1.82, 2.24) is 0 Å². The van der Waals surface area contributed by atoms with Gasteiger partial charge in [-0.25, -0.2) is 0 Å². The van der Waals surface area contributed by atoms with Crippen molar-refractivity contribution in [3.63, 3.8) is 0 Å². The van der Waals surface area contributed by atoms with E-state index in [0.29, 0.717) is 6.61 Å². The van der Waals surface area contributed by atoms with E-state index in [1.165, 1.54) is 22.3 Å². The van der Waals surface area contributed by atoms with Crippen molar-refractivity contribution in [3.8, 4) is 16.9 Å². The quantitative estimate of drug-likeness (QED) is 0.605. The molecule has 2 aliphatic rings. The third-order valence-corrected chi connectivity index (χ3v) is 4.11. The predicted octanol–water partition coefficient (Wildman–Crippen LogP) is 5.54. The zero-order valence-electron chi connectivity index (χ0n) is 12.0. The molecular weight excluding hydrogens is 324 g/mol. The molecule has 0 atom stereocenters. The second-order valence-corrected chi connectivity index (χ2v) is 5.91. The highest BCUT2D eigenvalue weighted by molar-refractivity contribution is 9.10. The Morgan fingerprint density at radius 1 is 0.857 bits per heavy atom. The second kappa shape index (κ2) is 6.31. The molecule has 0 heterocycles. The molecule has 0 bridgehead atoms. The van der Waals surface area contributed by atoms with Crippen molar-refractivity contribution in [2.75, 3.05) is 6.61 Å². The van der Waals surface area contributed by atoms with Gasteiger partial charge in [-0.2, -0.15) is 0 Å². The Morgan fingerprint density at radius 2 is 1.57 bits per heavy atom. The first-order chi connectivity index (χ1) is 10.3. The number of ether oxygens (including phenoxy) is 1. The average molecular weight is 341 g/mol. The van der Waals surface area contributed by atoms with Gasteiger partial charge in [-0.1, -0.05) is 48.5 Å². The van der Waals surface area contributed by atoms with E-state index in [2.05, 4.69) is 70.5 Å². The summed E-state index contributed by atoms with van der Waals surface area (Å²) in [5.41, 5.74) is 5.21. The number of fused-ring (bicyclic) bond motifs is 1. The molecule has 0 fully saturated rings. The van der Waals surface area contributed by atoms with E-state index in [-0.39, 0.29) is 0 Å². The molecule has 21 heavy (non-hydrogen) atoms. The molecular formula is C19H17BrO. The lowest BCUT2D eigenvalue weighted by molar-refractivity contribution is 0.338. The van der Waals surface area contributed by atoms with Crippen LogP contribution in [0.4, 0.5) is 0 Å². The summed E-state index contributed by atoms with van der Waals surface area (Å²) in [5.74, 6) is 0.904. The molecule has 0 radical (unpaired) electrons. The Morgan fingerprint density at radius 3 is 2.19 bits per heavy atom. The van der Waals surface area contributed by atoms with Crippen LogP contribution in [0, 0.1) is 0 Å². The van der Waals surface area contributed by atoms with E-state index in [0.717, 1.165) is 16.6 Å². The fraction of sp³-hybridized carbons (Fsp3) is 0.158. The average Bonchev–Trinajstić information content (AvgIpc) is 2.71. The van der Waals surface area contributed by atoms with Crippen LogP contribution in [-0.4, -0.2) is 6.61 Å². The lowest BCUT2D eigenvalue weighted by Gasteiger charge is -2.07. The van der Waals surface area contributed by atoms with Gasteiger partial charge in [0.15, 0.2) is 0 Å². The number of hydrogen-bond donors (Lipinski definition) is 0. The molecule has 1 nitrogen and oxygen atoms in total. The van der Waals surface area contributed by atoms with E-state index in [4.69, 9.17) is 4.74 Å². The Balaban J connectivity index is 1.85. The van der Waals surface area contributed by atoms with E-state index >= 15 is 0 Å². The highest BCUT2D eigenvalue weighted by Gasteiger charge is 2.07. The maximum absolute atomic E-state index is 5.55. The summed E-state index contributed by atoms with van der Waals surface area (Å²) in [6.07, 6.45) is 0.934. The molecule has 0 N–H and O–H groups in total. The SMILES string of the molecule is CCOc1ccc(Cc2cc3cccccc-3c2)cc1Br. The summed E-state index contributed by atoms with van der Waals surface area (Å²) in [5, 5.41) is 0. The molecule has 0 spiro atoms. The van der Waals surface area contributed by atoms with Crippen LogP contribution in [0.3, 0.4) is 0 Å². The zero-order valence-corrected chi connectivity index (χ0v) is 13.6. The van der Waals surface area contributed by atoms with Gasteiger partial charge in [0, 0.05) is 0 Å². The fourth-order valence-corrected chi connectivity index (χ4v) is 3.08. The minimum atomic E-state index is 0.684. The molecule has 2 heteroatoms. The minimum absolute atomic E-state index is 0.684. The first kappa shape index (κ1) is 14.2. The summed E-state index contributed by atoms with van der Waals surface area (Å²) in [7, 11) is 0. The fourth-order valence-electron chi connectivity index (χ4n) is 2.54. The molecule has 2 aliphatic carbocycles. The van der Waals surface area contributed by atoms with E-state index < -0.39 is 0 Å². The maximum atomic E-state index is 5.55. The monoisotopic (exact) mass is 340 g/mol. The number of rotatable bonds is 4. The van der Waals surface area contributed by atoms with Crippen LogP contribution in [-0.2, 0) is 6.42 Å². The van der Waals surface area contributed by atoms with Crippen LogP contribution < -0.4 is 4.74 Å². The first-order valence-corrected chi connectivity index (χ1v) is 7.94.